The number of nitrogens with zero attached hydrogens (tertiary/aromatic N) is 3. The molecule has 1 aliphatic heterocycles. The van der Waals surface area contributed by atoms with E-state index in [1.807, 2.05) is 17.5 Å². The number of para-hydroxylation sites is 1. The van der Waals surface area contributed by atoms with Crippen molar-refractivity contribution >= 4 is 17.0 Å². The molecule has 5 heteroatoms. The summed E-state index contributed by atoms with van der Waals surface area (Å²) in [5.41, 5.74) is 2.67. The predicted octanol–water partition coefficient (Wildman–Crippen LogP) is 3.92. The molecule has 21 heavy (non-hydrogen) atoms. The number of anilines is 1. The fourth-order valence-electron chi connectivity index (χ4n) is 2.81. The SMILES string of the molecule is CC(c1nc(-c2cccs2)no1)N1CCc2ccccc21. The Morgan fingerprint density at radius 2 is 2.14 bits per heavy atom. The van der Waals surface area contributed by atoms with Gasteiger partial charge in [0.05, 0.1) is 4.88 Å². The lowest BCUT2D eigenvalue weighted by Crippen LogP contribution is -2.24. The topological polar surface area (TPSA) is 42.2 Å². The van der Waals surface area contributed by atoms with Gasteiger partial charge in [-0.3, -0.25) is 0 Å². The highest BCUT2D eigenvalue weighted by Gasteiger charge is 2.27. The molecule has 4 nitrogen and oxygen atoms in total. The molecule has 0 bridgehead atoms. The second-order valence-corrected chi connectivity index (χ2v) is 6.13. The number of fused-ring (bicyclic) bond motifs is 1. The Hall–Kier alpha value is -2.14. The lowest BCUT2D eigenvalue weighted by molar-refractivity contribution is 0.356. The number of hydrogen-bond donors (Lipinski definition) is 0. The van der Waals surface area contributed by atoms with E-state index in [-0.39, 0.29) is 6.04 Å². The molecule has 4 rings (SSSR count). The molecule has 0 saturated carbocycles. The van der Waals surface area contributed by atoms with E-state index in [1.54, 1.807) is 11.3 Å². The van der Waals surface area contributed by atoms with Gasteiger partial charge in [-0.1, -0.05) is 29.4 Å². The first-order valence-electron chi connectivity index (χ1n) is 7.05. The summed E-state index contributed by atoms with van der Waals surface area (Å²) >= 11 is 1.62. The molecule has 1 unspecified atom stereocenters. The number of thiophene rings is 1. The maximum absolute atomic E-state index is 5.48. The molecule has 0 saturated heterocycles. The van der Waals surface area contributed by atoms with Crippen molar-refractivity contribution in [3.8, 4) is 10.7 Å². The number of hydrogen-bond acceptors (Lipinski definition) is 5. The monoisotopic (exact) mass is 297 g/mol. The summed E-state index contributed by atoms with van der Waals surface area (Å²) in [4.78, 5) is 7.94. The van der Waals surface area contributed by atoms with Crippen LogP contribution in [0, 0.1) is 0 Å². The highest BCUT2D eigenvalue weighted by Crippen LogP contribution is 2.34. The van der Waals surface area contributed by atoms with Crippen molar-refractivity contribution in [1.82, 2.24) is 10.1 Å². The molecule has 106 valence electrons. The van der Waals surface area contributed by atoms with Gasteiger partial charge in [-0.25, -0.2) is 0 Å². The average molecular weight is 297 g/mol. The van der Waals surface area contributed by atoms with Crippen molar-refractivity contribution in [3.05, 3.63) is 53.2 Å². The van der Waals surface area contributed by atoms with Gasteiger partial charge in [0.2, 0.25) is 11.7 Å². The second kappa shape index (κ2) is 5.00. The van der Waals surface area contributed by atoms with Crippen LogP contribution in [-0.2, 0) is 6.42 Å². The molecule has 1 atom stereocenters. The number of rotatable bonds is 3. The Balaban J connectivity index is 1.63. The molecule has 0 amide bonds. The molecule has 3 aromatic rings. The van der Waals surface area contributed by atoms with E-state index in [0.717, 1.165) is 17.8 Å². The number of aromatic nitrogens is 2. The highest BCUT2D eigenvalue weighted by molar-refractivity contribution is 7.13. The third-order valence-corrected chi connectivity index (χ3v) is 4.80. The summed E-state index contributed by atoms with van der Waals surface area (Å²) in [6.07, 6.45) is 1.08. The number of benzene rings is 1. The minimum absolute atomic E-state index is 0.0925. The predicted molar refractivity (Wildman–Crippen MR) is 83.5 cm³/mol. The van der Waals surface area contributed by atoms with Crippen LogP contribution in [0.15, 0.2) is 46.3 Å². The van der Waals surface area contributed by atoms with E-state index in [9.17, 15) is 0 Å². The summed E-state index contributed by atoms with van der Waals surface area (Å²) in [5.74, 6) is 1.36. The summed E-state index contributed by atoms with van der Waals surface area (Å²) in [6, 6.07) is 12.6. The highest BCUT2D eigenvalue weighted by atomic mass is 32.1. The van der Waals surface area contributed by atoms with Gasteiger partial charge in [0.15, 0.2) is 0 Å². The van der Waals surface area contributed by atoms with Crippen molar-refractivity contribution in [3.63, 3.8) is 0 Å². The van der Waals surface area contributed by atoms with Gasteiger partial charge in [-0.15, -0.1) is 11.3 Å². The van der Waals surface area contributed by atoms with Crippen molar-refractivity contribution < 1.29 is 4.52 Å². The van der Waals surface area contributed by atoms with Crippen molar-refractivity contribution in [2.75, 3.05) is 11.4 Å². The first-order chi connectivity index (χ1) is 10.3. The van der Waals surface area contributed by atoms with Crippen LogP contribution in [0.3, 0.4) is 0 Å². The molecule has 0 radical (unpaired) electrons. The Morgan fingerprint density at radius 1 is 1.24 bits per heavy atom. The smallest absolute Gasteiger partial charge is 0.249 e. The third-order valence-electron chi connectivity index (χ3n) is 3.93. The molecule has 0 spiro atoms. The van der Waals surface area contributed by atoms with Crippen molar-refractivity contribution in [1.29, 1.82) is 0 Å². The van der Waals surface area contributed by atoms with E-state index < -0.39 is 0 Å². The van der Waals surface area contributed by atoms with Gasteiger partial charge in [0.25, 0.3) is 0 Å². The zero-order valence-corrected chi connectivity index (χ0v) is 12.5. The zero-order chi connectivity index (χ0) is 14.2. The minimum atomic E-state index is 0.0925. The second-order valence-electron chi connectivity index (χ2n) is 5.18. The van der Waals surface area contributed by atoms with Gasteiger partial charge in [-0.05, 0) is 36.4 Å². The van der Waals surface area contributed by atoms with E-state index in [4.69, 9.17) is 4.52 Å². The van der Waals surface area contributed by atoms with Crippen LogP contribution in [0.1, 0.15) is 24.4 Å². The van der Waals surface area contributed by atoms with Gasteiger partial charge in [-0.2, -0.15) is 4.98 Å². The molecular formula is C16H15N3OS. The first-order valence-corrected chi connectivity index (χ1v) is 7.93. The van der Waals surface area contributed by atoms with Crippen LogP contribution in [0.25, 0.3) is 10.7 Å². The molecule has 0 aliphatic carbocycles. The zero-order valence-electron chi connectivity index (χ0n) is 11.7. The molecule has 0 fully saturated rings. The van der Waals surface area contributed by atoms with Gasteiger partial charge >= 0.3 is 0 Å². The summed E-state index contributed by atoms with van der Waals surface area (Å²) in [7, 11) is 0. The van der Waals surface area contributed by atoms with Gasteiger partial charge in [0.1, 0.15) is 6.04 Å². The maximum atomic E-state index is 5.48. The molecule has 1 aromatic carbocycles. The fraction of sp³-hybridized carbons (Fsp3) is 0.250. The average Bonchev–Trinajstić information content (AvgIpc) is 3.25. The summed E-state index contributed by atoms with van der Waals surface area (Å²) < 4.78 is 5.48. The van der Waals surface area contributed by atoms with Crippen LogP contribution in [0.2, 0.25) is 0 Å². The van der Waals surface area contributed by atoms with Gasteiger partial charge < -0.3 is 9.42 Å². The van der Waals surface area contributed by atoms with Gasteiger partial charge in [0, 0.05) is 12.2 Å². The van der Waals surface area contributed by atoms with Crippen LogP contribution < -0.4 is 4.90 Å². The van der Waals surface area contributed by atoms with E-state index >= 15 is 0 Å². The maximum Gasteiger partial charge on any atom is 0.249 e. The first kappa shape index (κ1) is 12.6. The van der Waals surface area contributed by atoms with E-state index in [0.29, 0.717) is 11.7 Å². The van der Waals surface area contributed by atoms with Crippen LogP contribution in [-0.4, -0.2) is 16.7 Å². The molecular weight excluding hydrogens is 282 g/mol. The largest absolute Gasteiger partial charge is 0.359 e. The quantitative estimate of drug-likeness (QED) is 0.735. The summed E-state index contributed by atoms with van der Waals surface area (Å²) in [5, 5.41) is 6.12. The molecule has 0 N–H and O–H groups in total. The lowest BCUT2D eigenvalue weighted by atomic mass is 10.2. The minimum Gasteiger partial charge on any atom is -0.359 e. The Bertz CT molecular complexity index is 750. The molecule has 2 aromatic heterocycles. The van der Waals surface area contributed by atoms with E-state index in [2.05, 4.69) is 46.2 Å². The summed E-state index contributed by atoms with van der Waals surface area (Å²) in [6.45, 7) is 3.12. The van der Waals surface area contributed by atoms with Crippen LogP contribution in [0.4, 0.5) is 5.69 Å². The lowest BCUT2D eigenvalue weighted by Gasteiger charge is -2.24. The van der Waals surface area contributed by atoms with Crippen LogP contribution in [0.5, 0.6) is 0 Å². The molecule has 3 heterocycles. The van der Waals surface area contributed by atoms with E-state index in [1.165, 1.54) is 11.3 Å². The van der Waals surface area contributed by atoms with Crippen LogP contribution >= 0.6 is 11.3 Å². The molecule has 1 aliphatic rings. The Kier molecular flexibility index (Phi) is 3.00. The third kappa shape index (κ3) is 2.14. The Labute approximate surface area is 127 Å². The fourth-order valence-corrected chi connectivity index (χ4v) is 3.46. The normalized spacial score (nSPS) is 15.2. The standard InChI is InChI=1S/C16H15N3OS/c1-11(19-9-8-12-5-2-3-6-13(12)19)16-17-15(18-20-16)14-7-4-10-21-14/h2-7,10-11H,8-9H2,1H3. The van der Waals surface area contributed by atoms with Crippen molar-refractivity contribution in [2.24, 2.45) is 0 Å². The Morgan fingerprint density at radius 3 is 3.00 bits per heavy atom. The van der Waals surface area contributed by atoms with Crippen molar-refractivity contribution in [2.45, 2.75) is 19.4 Å².